The zero-order chi connectivity index (χ0) is 16.4. The molecule has 24 heavy (non-hydrogen) atoms. The Labute approximate surface area is 147 Å². The summed E-state index contributed by atoms with van der Waals surface area (Å²) in [4.78, 5) is 22.8. The van der Waals surface area contributed by atoms with Crippen LogP contribution in [0.2, 0.25) is 0 Å². The van der Waals surface area contributed by atoms with Crippen molar-refractivity contribution in [2.75, 3.05) is 26.2 Å². The van der Waals surface area contributed by atoms with Crippen molar-refractivity contribution in [1.29, 1.82) is 0 Å². The summed E-state index contributed by atoms with van der Waals surface area (Å²) in [7, 11) is 0. The molecule has 5 nitrogen and oxygen atoms in total. The van der Waals surface area contributed by atoms with Crippen LogP contribution >= 0.6 is 11.3 Å². The summed E-state index contributed by atoms with van der Waals surface area (Å²) in [6, 6.07) is 0. The Hall–Kier alpha value is -1.40. The molecule has 0 radical (unpaired) electrons. The van der Waals surface area contributed by atoms with Gasteiger partial charge in [0, 0.05) is 56.9 Å². The zero-order valence-electron chi connectivity index (χ0n) is 14.2. The van der Waals surface area contributed by atoms with Gasteiger partial charge in [0.05, 0.1) is 5.69 Å². The lowest BCUT2D eigenvalue weighted by molar-refractivity contribution is -0.132. The maximum Gasteiger partial charge on any atom is 0.222 e. The number of rotatable bonds is 4. The van der Waals surface area contributed by atoms with Gasteiger partial charge in [-0.3, -0.25) is 14.1 Å². The quantitative estimate of drug-likeness (QED) is 0.854. The molecule has 0 unspecified atom stereocenters. The number of aromatic nitrogens is 2. The van der Waals surface area contributed by atoms with Gasteiger partial charge in [0.2, 0.25) is 5.91 Å². The highest BCUT2D eigenvalue weighted by molar-refractivity contribution is 7.15. The van der Waals surface area contributed by atoms with Crippen LogP contribution in [0, 0.1) is 5.92 Å². The topological polar surface area (TPSA) is 40.9 Å². The van der Waals surface area contributed by atoms with E-state index in [1.807, 2.05) is 0 Å². The van der Waals surface area contributed by atoms with Gasteiger partial charge in [-0.25, -0.2) is 4.98 Å². The van der Waals surface area contributed by atoms with Gasteiger partial charge in [0.1, 0.15) is 0 Å². The zero-order valence-corrected chi connectivity index (χ0v) is 15.0. The molecule has 1 saturated heterocycles. The second-order valence-corrected chi connectivity index (χ2v) is 8.06. The van der Waals surface area contributed by atoms with Crippen LogP contribution in [0.3, 0.4) is 0 Å². The molecular formula is C18H26N4OS. The minimum atomic E-state index is 0.381. The number of fused-ring (bicyclic) bond motifs is 1. The van der Waals surface area contributed by atoms with Gasteiger partial charge in [-0.1, -0.05) is 12.8 Å². The summed E-state index contributed by atoms with van der Waals surface area (Å²) >= 11 is 1.67. The Morgan fingerprint density at radius 2 is 2.04 bits per heavy atom. The van der Waals surface area contributed by atoms with Gasteiger partial charge in [-0.2, -0.15) is 0 Å². The third kappa shape index (κ3) is 3.64. The maximum atomic E-state index is 12.5. The van der Waals surface area contributed by atoms with Crippen molar-refractivity contribution in [3.63, 3.8) is 0 Å². The van der Waals surface area contributed by atoms with E-state index in [0.717, 1.165) is 56.2 Å². The first-order valence-corrected chi connectivity index (χ1v) is 10.1. The fourth-order valence-electron chi connectivity index (χ4n) is 4.05. The smallest absolute Gasteiger partial charge is 0.222 e. The van der Waals surface area contributed by atoms with Gasteiger partial charge < -0.3 is 4.90 Å². The van der Waals surface area contributed by atoms with E-state index in [9.17, 15) is 4.79 Å². The van der Waals surface area contributed by atoms with Crippen molar-refractivity contribution in [2.45, 2.75) is 45.1 Å². The minimum Gasteiger partial charge on any atom is -0.341 e. The normalized spacial score (nSPS) is 20.8. The standard InChI is InChI=1S/C18H26N4OS/c23-17(12-15-4-1-2-5-15)21-7-3-6-20(8-9-21)13-16-14-22-10-11-24-18(22)19-16/h10-11,14-15H,1-9,12-13H2. The van der Waals surface area contributed by atoms with E-state index in [-0.39, 0.29) is 0 Å². The molecule has 130 valence electrons. The molecule has 3 heterocycles. The Balaban J connectivity index is 1.30. The largest absolute Gasteiger partial charge is 0.341 e. The van der Waals surface area contributed by atoms with Crippen LogP contribution in [0.1, 0.15) is 44.2 Å². The van der Waals surface area contributed by atoms with Crippen LogP contribution in [0.25, 0.3) is 4.96 Å². The summed E-state index contributed by atoms with van der Waals surface area (Å²) < 4.78 is 2.09. The van der Waals surface area contributed by atoms with Crippen LogP contribution in [0.4, 0.5) is 0 Å². The molecule has 0 atom stereocenters. The Kier molecular flexibility index (Phi) is 4.85. The second kappa shape index (κ2) is 7.23. The monoisotopic (exact) mass is 346 g/mol. The molecule has 1 saturated carbocycles. The van der Waals surface area contributed by atoms with Crippen LogP contribution in [-0.2, 0) is 11.3 Å². The van der Waals surface area contributed by atoms with Crippen LogP contribution < -0.4 is 0 Å². The average Bonchev–Trinajstić information content (AvgIpc) is 3.24. The van der Waals surface area contributed by atoms with Crippen LogP contribution in [0.5, 0.6) is 0 Å². The summed E-state index contributed by atoms with van der Waals surface area (Å²) in [6.45, 7) is 4.69. The number of carbonyl (C=O) groups is 1. The molecule has 2 aromatic rings. The SMILES string of the molecule is O=C(CC1CCCC1)N1CCCN(Cc2cn3ccsc3n2)CC1. The van der Waals surface area contributed by atoms with Crippen molar-refractivity contribution in [3.05, 3.63) is 23.5 Å². The van der Waals surface area contributed by atoms with Crippen molar-refractivity contribution < 1.29 is 4.79 Å². The summed E-state index contributed by atoms with van der Waals surface area (Å²) in [5.74, 6) is 1.03. The van der Waals surface area contributed by atoms with E-state index >= 15 is 0 Å². The van der Waals surface area contributed by atoms with Gasteiger partial charge in [0.25, 0.3) is 0 Å². The lowest BCUT2D eigenvalue weighted by Crippen LogP contribution is -2.35. The number of nitrogens with zero attached hydrogens (tertiary/aromatic N) is 4. The summed E-state index contributed by atoms with van der Waals surface area (Å²) in [5, 5.41) is 2.06. The number of hydrogen-bond acceptors (Lipinski definition) is 4. The fraction of sp³-hybridized carbons (Fsp3) is 0.667. The van der Waals surface area contributed by atoms with E-state index in [4.69, 9.17) is 0 Å². The van der Waals surface area contributed by atoms with Gasteiger partial charge >= 0.3 is 0 Å². The predicted octanol–water partition coefficient (Wildman–Crippen LogP) is 3.01. The Morgan fingerprint density at radius 3 is 2.88 bits per heavy atom. The highest BCUT2D eigenvalue weighted by Gasteiger charge is 2.24. The average molecular weight is 347 g/mol. The molecule has 1 aliphatic carbocycles. The first kappa shape index (κ1) is 16.1. The third-order valence-electron chi connectivity index (χ3n) is 5.41. The van der Waals surface area contributed by atoms with Gasteiger partial charge in [-0.15, -0.1) is 11.3 Å². The molecular weight excluding hydrogens is 320 g/mol. The number of imidazole rings is 1. The first-order valence-electron chi connectivity index (χ1n) is 9.19. The Bertz CT molecular complexity index is 660. The molecule has 0 bridgehead atoms. The highest BCUT2D eigenvalue weighted by Crippen LogP contribution is 2.28. The van der Waals surface area contributed by atoms with E-state index in [0.29, 0.717) is 11.8 Å². The molecule has 2 fully saturated rings. The van der Waals surface area contributed by atoms with Crippen molar-refractivity contribution in [1.82, 2.24) is 19.2 Å². The van der Waals surface area contributed by atoms with Gasteiger partial charge in [0.15, 0.2) is 4.96 Å². The maximum absolute atomic E-state index is 12.5. The minimum absolute atomic E-state index is 0.381. The van der Waals surface area contributed by atoms with E-state index < -0.39 is 0 Å². The Morgan fingerprint density at radius 1 is 1.17 bits per heavy atom. The van der Waals surface area contributed by atoms with Crippen LogP contribution in [-0.4, -0.2) is 51.3 Å². The molecule has 6 heteroatoms. The fourth-order valence-corrected chi connectivity index (χ4v) is 4.77. The molecule has 0 N–H and O–H groups in total. The molecule has 2 aliphatic rings. The first-order chi connectivity index (χ1) is 11.8. The third-order valence-corrected chi connectivity index (χ3v) is 6.18. The number of amides is 1. The van der Waals surface area contributed by atoms with E-state index in [1.54, 1.807) is 11.3 Å². The van der Waals surface area contributed by atoms with E-state index in [2.05, 4.69) is 37.0 Å². The lowest BCUT2D eigenvalue weighted by Gasteiger charge is -2.23. The van der Waals surface area contributed by atoms with Crippen molar-refractivity contribution in [3.8, 4) is 0 Å². The highest BCUT2D eigenvalue weighted by atomic mass is 32.1. The van der Waals surface area contributed by atoms with E-state index in [1.165, 1.54) is 25.7 Å². The van der Waals surface area contributed by atoms with Crippen LogP contribution in [0.15, 0.2) is 17.8 Å². The predicted molar refractivity (Wildman–Crippen MR) is 96.1 cm³/mol. The van der Waals surface area contributed by atoms with Gasteiger partial charge in [-0.05, 0) is 25.2 Å². The summed E-state index contributed by atoms with van der Waals surface area (Å²) in [6.07, 6.45) is 11.2. The molecule has 1 aliphatic heterocycles. The number of hydrogen-bond donors (Lipinski definition) is 0. The molecule has 0 spiro atoms. The molecule has 2 aromatic heterocycles. The second-order valence-electron chi connectivity index (χ2n) is 7.19. The number of carbonyl (C=O) groups excluding carboxylic acids is 1. The molecule has 4 rings (SSSR count). The van der Waals surface area contributed by atoms with Crippen molar-refractivity contribution >= 4 is 22.2 Å². The van der Waals surface area contributed by atoms with Crippen molar-refractivity contribution in [2.24, 2.45) is 5.92 Å². The molecule has 1 amide bonds. The molecule has 0 aromatic carbocycles. The number of thiazole rings is 1. The summed E-state index contributed by atoms with van der Waals surface area (Å²) in [5.41, 5.74) is 1.13. The lowest BCUT2D eigenvalue weighted by atomic mass is 10.0.